The van der Waals surface area contributed by atoms with Gasteiger partial charge in [-0.3, -0.25) is 23.9 Å². The molecule has 0 bridgehead atoms. The summed E-state index contributed by atoms with van der Waals surface area (Å²) in [5.41, 5.74) is -7.02. The predicted molar refractivity (Wildman–Crippen MR) is 112 cm³/mol. The molecular weight excluding hydrogens is 465 g/mol. The van der Waals surface area contributed by atoms with Crippen LogP contribution >= 0.6 is 11.6 Å². The summed E-state index contributed by atoms with van der Waals surface area (Å²) in [7, 11) is 0. The number of hydrogen-bond acceptors (Lipinski definition) is 4. The van der Waals surface area contributed by atoms with Crippen LogP contribution in [-0.4, -0.2) is 27.5 Å². The summed E-state index contributed by atoms with van der Waals surface area (Å²) < 4.78 is 44.0. The number of halogens is 4. The maximum absolute atomic E-state index is 14.4. The van der Waals surface area contributed by atoms with E-state index in [-0.39, 0.29) is 17.1 Å². The van der Waals surface area contributed by atoms with E-state index >= 15 is 0 Å². The fourth-order valence-electron chi connectivity index (χ4n) is 3.59. The monoisotopic (exact) mass is 478 g/mol. The van der Waals surface area contributed by atoms with E-state index in [9.17, 15) is 32.3 Å². The van der Waals surface area contributed by atoms with Crippen LogP contribution in [0.25, 0.3) is 0 Å². The summed E-state index contributed by atoms with van der Waals surface area (Å²) in [5, 5.41) is 3.89. The zero-order chi connectivity index (χ0) is 24.0. The zero-order valence-electron chi connectivity index (χ0n) is 16.5. The first-order valence-electron chi connectivity index (χ1n) is 9.42. The Hall–Kier alpha value is -3.86. The third-order valence-corrected chi connectivity index (χ3v) is 5.42. The first kappa shape index (κ1) is 22.3. The minimum Gasteiger partial charge on any atom is -0.326 e. The van der Waals surface area contributed by atoms with Crippen LogP contribution in [0, 0.1) is 0 Å². The number of H-pyrrole nitrogens is 1. The van der Waals surface area contributed by atoms with Crippen molar-refractivity contribution < 1.29 is 22.8 Å². The van der Waals surface area contributed by atoms with Crippen molar-refractivity contribution in [1.82, 2.24) is 14.9 Å². The fourth-order valence-corrected chi connectivity index (χ4v) is 3.71. The second-order valence-corrected chi connectivity index (χ2v) is 7.65. The number of amides is 2. The molecule has 3 aromatic rings. The first-order valence-corrected chi connectivity index (χ1v) is 9.80. The van der Waals surface area contributed by atoms with Gasteiger partial charge >= 0.3 is 11.9 Å². The summed E-state index contributed by atoms with van der Waals surface area (Å²) in [6, 6.07) is 13.1. The molecule has 1 aliphatic rings. The molecule has 0 unspecified atom stereocenters. The molecule has 8 nitrogen and oxygen atoms in total. The SMILES string of the molecule is O=C(N[C@@]1(C(F)(F)F)C(=O)Nc2c1c(=O)[nH]c(=O)n2Cc1ccccc1)c1ccc(Cl)cc1. The zero-order valence-corrected chi connectivity index (χ0v) is 17.3. The number of nitrogens with one attached hydrogen (secondary N) is 3. The number of benzene rings is 2. The molecule has 0 saturated heterocycles. The van der Waals surface area contributed by atoms with Gasteiger partial charge in [0.1, 0.15) is 11.4 Å². The molecule has 3 N–H and O–H groups in total. The van der Waals surface area contributed by atoms with Crippen LogP contribution < -0.4 is 21.9 Å². The quantitative estimate of drug-likeness (QED) is 0.534. The highest BCUT2D eigenvalue weighted by atomic mass is 35.5. The Balaban J connectivity index is 1.89. The van der Waals surface area contributed by atoms with Crippen LogP contribution in [0.15, 0.2) is 64.2 Å². The molecule has 33 heavy (non-hydrogen) atoms. The number of alkyl halides is 3. The average molecular weight is 479 g/mol. The van der Waals surface area contributed by atoms with E-state index in [4.69, 9.17) is 11.6 Å². The Kier molecular flexibility index (Phi) is 5.36. The minimum atomic E-state index is -5.42. The second-order valence-electron chi connectivity index (χ2n) is 7.22. The number of anilines is 1. The van der Waals surface area contributed by atoms with Gasteiger partial charge in [-0.25, -0.2) is 4.79 Å². The van der Waals surface area contributed by atoms with Gasteiger partial charge in [0, 0.05) is 10.6 Å². The highest BCUT2D eigenvalue weighted by molar-refractivity contribution is 6.30. The Morgan fingerprint density at radius 1 is 1.03 bits per heavy atom. The summed E-state index contributed by atoms with van der Waals surface area (Å²) >= 11 is 5.74. The third-order valence-electron chi connectivity index (χ3n) is 5.16. The van der Waals surface area contributed by atoms with Gasteiger partial charge in [-0.05, 0) is 29.8 Å². The molecule has 12 heteroatoms. The standard InChI is InChI=1S/C21H14ClF3N4O4/c22-13-8-6-12(7-9-13)16(30)28-20(21(23,24)25)14-15(26-18(20)32)29(19(33)27-17(14)31)10-11-4-2-1-3-5-11/h1-9H,10H2,(H,26,32)(H,28,30)(H,27,31,33)/t20-/m1/s1. The Bertz CT molecular complexity index is 1370. The van der Waals surface area contributed by atoms with Gasteiger partial charge in [-0.2, -0.15) is 13.2 Å². The number of carbonyl (C=O) groups is 2. The second kappa shape index (κ2) is 7.93. The lowest BCUT2D eigenvalue weighted by molar-refractivity contribution is -0.196. The Morgan fingerprint density at radius 3 is 2.27 bits per heavy atom. The van der Waals surface area contributed by atoms with E-state index < -0.39 is 46.2 Å². The van der Waals surface area contributed by atoms with Crippen molar-refractivity contribution in [2.24, 2.45) is 0 Å². The van der Waals surface area contributed by atoms with E-state index in [2.05, 4.69) is 0 Å². The van der Waals surface area contributed by atoms with Crippen LogP contribution in [-0.2, 0) is 16.9 Å². The minimum absolute atomic E-state index is 0.224. The van der Waals surface area contributed by atoms with Gasteiger partial charge < -0.3 is 10.6 Å². The van der Waals surface area contributed by atoms with Crippen molar-refractivity contribution in [3.05, 3.63) is 97.1 Å². The molecule has 2 aromatic carbocycles. The van der Waals surface area contributed by atoms with E-state index in [1.165, 1.54) is 12.1 Å². The third kappa shape index (κ3) is 3.69. The molecule has 0 saturated carbocycles. The van der Waals surface area contributed by atoms with Crippen LogP contribution in [0.3, 0.4) is 0 Å². The lowest BCUT2D eigenvalue weighted by atomic mass is 9.91. The predicted octanol–water partition coefficient (Wildman–Crippen LogP) is 2.38. The van der Waals surface area contributed by atoms with Gasteiger partial charge in [-0.1, -0.05) is 41.9 Å². The van der Waals surface area contributed by atoms with Crippen molar-refractivity contribution in [3.8, 4) is 0 Å². The number of rotatable bonds is 4. The van der Waals surface area contributed by atoms with Gasteiger partial charge in [0.2, 0.25) is 0 Å². The number of nitrogens with zero attached hydrogens (tertiary/aromatic N) is 1. The van der Waals surface area contributed by atoms with E-state index in [0.29, 0.717) is 5.56 Å². The molecule has 0 spiro atoms. The highest BCUT2D eigenvalue weighted by Crippen LogP contribution is 2.45. The lowest BCUT2D eigenvalue weighted by Gasteiger charge is -2.30. The van der Waals surface area contributed by atoms with Gasteiger partial charge in [0.25, 0.3) is 22.9 Å². The van der Waals surface area contributed by atoms with Crippen molar-refractivity contribution in [2.45, 2.75) is 18.3 Å². The molecule has 1 aliphatic heterocycles. The topological polar surface area (TPSA) is 113 Å². The molecule has 4 rings (SSSR count). The molecule has 2 amide bonds. The number of hydrogen-bond donors (Lipinski definition) is 3. The Labute approximate surface area is 188 Å². The van der Waals surface area contributed by atoms with Crippen molar-refractivity contribution in [3.63, 3.8) is 0 Å². The maximum atomic E-state index is 14.4. The normalized spacial score (nSPS) is 17.4. The molecule has 0 radical (unpaired) electrons. The van der Waals surface area contributed by atoms with E-state index in [1.54, 1.807) is 35.6 Å². The van der Waals surface area contributed by atoms with Crippen LogP contribution in [0.5, 0.6) is 0 Å². The summed E-state index contributed by atoms with van der Waals surface area (Å²) in [4.78, 5) is 52.2. The maximum Gasteiger partial charge on any atom is 0.425 e. The highest BCUT2D eigenvalue weighted by Gasteiger charge is 2.68. The van der Waals surface area contributed by atoms with Crippen LogP contribution in [0.2, 0.25) is 5.02 Å². The summed E-state index contributed by atoms with van der Waals surface area (Å²) in [5.74, 6) is -3.64. The fraction of sp³-hybridized carbons (Fsp3) is 0.143. The van der Waals surface area contributed by atoms with Crippen LogP contribution in [0.1, 0.15) is 21.5 Å². The van der Waals surface area contributed by atoms with E-state index in [0.717, 1.165) is 16.7 Å². The average Bonchev–Trinajstić information content (AvgIpc) is 3.05. The van der Waals surface area contributed by atoms with Crippen molar-refractivity contribution >= 4 is 29.2 Å². The van der Waals surface area contributed by atoms with Gasteiger partial charge in [0.15, 0.2) is 0 Å². The first-order chi connectivity index (χ1) is 15.5. The smallest absolute Gasteiger partial charge is 0.326 e. The van der Waals surface area contributed by atoms with Crippen molar-refractivity contribution in [1.29, 1.82) is 0 Å². The molecule has 0 aliphatic carbocycles. The van der Waals surface area contributed by atoms with E-state index in [1.807, 2.05) is 10.3 Å². The molecule has 170 valence electrons. The lowest BCUT2D eigenvalue weighted by Crippen LogP contribution is -2.62. The van der Waals surface area contributed by atoms with Gasteiger partial charge in [0.05, 0.1) is 6.54 Å². The number of aromatic amines is 1. The van der Waals surface area contributed by atoms with Crippen molar-refractivity contribution in [2.75, 3.05) is 5.32 Å². The van der Waals surface area contributed by atoms with Crippen LogP contribution in [0.4, 0.5) is 19.0 Å². The summed E-state index contributed by atoms with van der Waals surface area (Å²) in [6.45, 7) is -0.238. The van der Waals surface area contributed by atoms with Gasteiger partial charge in [-0.15, -0.1) is 0 Å². The number of carbonyl (C=O) groups excluding carboxylic acids is 2. The Morgan fingerprint density at radius 2 is 1.67 bits per heavy atom. The largest absolute Gasteiger partial charge is 0.425 e. The molecule has 1 atom stereocenters. The number of fused-ring (bicyclic) bond motifs is 1. The molecule has 2 heterocycles. The molecule has 0 fully saturated rings. The molecular formula is C21H14ClF3N4O4. The summed E-state index contributed by atoms with van der Waals surface area (Å²) in [6.07, 6.45) is -5.42. The molecule has 1 aromatic heterocycles. The number of aromatic nitrogens is 2.